The molecule has 3 aromatic rings. The molecule has 2 aromatic heterocycles. The standard InChI is InChI=1S/C20H19N3O5/c1-12-13(10-19(26)28-11-18(24)25)9-16-17(7-8-21-20(16)22-12)23-14-3-5-15(27-2)6-4-14/h3-9H,10-11H2,1-2H3,(H,24,25)(H,21,22,23). The average Bonchev–Trinajstić information content (AvgIpc) is 2.68. The predicted octanol–water partition coefficient (Wildman–Crippen LogP) is 2.86. The molecule has 0 amide bonds. The van der Waals surface area contributed by atoms with E-state index in [2.05, 4.69) is 15.3 Å². The number of carboxylic acids is 1. The summed E-state index contributed by atoms with van der Waals surface area (Å²) in [6.07, 6.45) is 1.58. The minimum absolute atomic E-state index is 0.0705. The molecule has 2 heterocycles. The van der Waals surface area contributed by atoms with Crippen molar-refractivity contribution in [2.24, 2.45) is 0 Å². The van der Waals surface area contributed by atoms with Gasteiger partial charge in [-0.3, -0.25) is 4.79 Å². The molecule has 0 aliphatic carbocycles. The number of ether oxygens (including phenoxy) is 2. The molecule has 28 heavy (non-hydrogen) atoms. The Hall–Kier alpha value is -3.68. The first kappa shape index (κ1) is 19.1. The summed E-state index contributed by atoms with van der Waals surface area (Å²) in [5.41, 5.74) is 3.46. The van der Waals surface area contributed by atoms with Crippen molar-refractivity contribution in [2.75, 3.05) is 19.0 Å². The third-order valence-corrected chi connectivity index (χ3v) is 4.09. The Morgan fingerprint density at radius 2 is 1.93 bits per heavy atom. The molecule has 0 fully saturated rings. The first-order chi connectivity index (χ1) is 13.5. The first-order valence-corrected chi connectivity index (χ1v) is 8.50. The molecule has 2 N–H and O–H groups in total. The van der Waals surface area contributed by atoms with Crippen molar-refractivity contribution in [3.05, 3.63) is 53.9 Å². The zero-order chi connectivity index (χ0) is 20.1. The third-order valence-electron chi connectivity index (χ3n) is 4.09. The van der Waals surface area contributed by atoms with Crippen LogP contribution in [0.1, 0.15) is 11.3 Å². The highest BCUT2D eigenvalue weighted by molar-refractivity contribution is 5.92. The van der Waals surface area contributed by atoms with Crippen molar-refractivity contribution in [1.29, 1.82) is 0 Å². The lowest BCUT2D eigenvalue weighted by molar-refractivity contribution is -0.154. The molecule has 0 saturated carbocycles. The SMILES string of the molecule is COc1ccc(Nc2ccnc3nc(C)c(CC(=O)OCC(=O)O)cc23)cc1. The zero-order valence-electron chi connectivity index (χ0n) is 15.4. The Morgan fingerprint density at radius 1 is 1.18 bits per heavy atom. The smallest absolute Gasteiger partial charge is 0.341 e. The zero-order valence-corrected chi connectivity index (χ0v) is 15.4. The summed E-state index contributed by atoms with van der Waals surface area (Å²) in [7, 11) is 1.61. The predicted molar refractivity (Wildman–Crippen MR) is 103 cm³/mol. The highest BCUT2D eigenvalue weighted by Crippen LogP contribution is 2.27. The van der Waals surface area contributed by atoms with Gasteiger partial charge in [-0.25, -0.2) is 14.8 Å². The number of methoxy groups -OCH3 is 1. The summed E-state index contributed by atoms with van der Waals surface area (Å²) < 4.78 is 9.87. The van der Waals surface area contributed by atoms with Gasteiger partial charge in [0.05, 0.1) is 19.2 Å². The molecule has 8 nitrogen and oxygen atoms in total. The number of hydrogen-bond acceptors (Lipinski definition) is 7. The molecule has 144 valence electrons. The Kier molecular flexibility index (Phi) is 5.69. The van der Waals surface area contributed by atoms with Gasteiger partial charge in [-0.05, 0) is 48.9 Å². The van der Waals surface area contributed by atoms with Crippen LogP contribution in [-0.4, -0.2) is 40.7 Å². The van der Waals surface area contributed by atoms with Crippen molar-refractivity contribution in [3.63, 3.8) is 0 Å². The van der Waals surface area contributed by atoms with Gasteiger partial charge in [-0.15, -0.1) is 0 Å². The van der Waals surface area contributed by atoms with E-state index in [0.29, 0.717) is 16.9 Å². The Labute approximate surface area is 161 Å². The molecule has 0 aliphatic heterocycles. The Bertz CT molecular complexity index is 1020. The summed E-state index contributed by atoms with van der Waals surface area (Å²) in [5.74, 6) is -1.07. The van der Waals surface area contributed by atoms with Gasteiger partial charge >= 0.3 is 11.9 Å². The van der Waals surface area contributed by atoms with Crippen molar-refractivity contribution in [2.45, 2.75) is 13.3 Å². The van der Waals surface area contributed by atoms with Gasteiger partial charge in [0.2, 0.25) is 0 Å². The van der Waals surface area contributed by atoms with Gasteiger partial charge in [0, 0.05) is 23.0 Å². The molecular formula is C20H19N3O5. The van der Waals surface area contributed by atoms with Crippen LogP contribution < -0.4 is 10.1 Å². The second kappa shape index (κ2) is 8.34. The third kappa shape index (κ3) is 4.53. The van der Waals surface area contributed by atoms with Crippen molar-refractivity contribution < 1.29 is 24.2 Å². The summed E-state index contributed by atoms with van der Waals surface area (Å²) in [4.78, 5) is 31.2. The van der Waals surface area contributed by atoms with Crippen LogP contribution >= 0.6 is 0 Å². The largest absolute Gasteiger partial charge is 0.497 e. The number of carboxylic acid groups (broad SMARTS) is 1. The summed E-state index contributed by atoms with van der Waals surface area (Å²) in [6.45, 7) is 1.11. The van der Waals surface area contributed by atoms with Crippen LogP contribution in [0.25, 0.3) is 11.0 Å². The summed E-state index contributed by atoms with van der Waals surface area (Å²) in [5, 5.41) is 12.7. The first-order valence-electron chi connectivity index (χ1n) is 8.50. The number of aryl methyl sites for hydroxylation is 1. The van der Waals surface area contributed by atoms with Crippen LogP contribution in [0.4, 0.5) is 11.4 Å². The number of rotatable bonds is 7. The van der Waals surface area contributed by atoms with E-state index in [1.54, 1.807) is 20.2 Å². The van der Waals surface area contributed by atoms with Gasteiger partial charge in [0.1, 0.15) is 5.75 Å². The number of aromatic nitrogens is 2. The van der Waals surface area contributed by atoms with E-state index in [-0.39, 0.29) is 6.42 Å². The number of esters is 1. The molecule has 0 unspecified atom stereocenters. The highest BCUT2D eigenvalue weighted by Gasteiger charge is 2.13. The van der Waals surface area contributed by atoms with Gasteiger partial charge in [-0.2, -0.15) is 0 Å². The quantitative estimate of drug-likeness (QED) is 0.601. The van der Waals surface area contributed by atoms with E-state index in [1.807, 2.05) is 36.4 Å². The average molecular weight is 381 g/mol. The lowest BCUT2D eigenvalue weighted by Gasteiger charge is -2.12. The fraction of sp³-hybridized carbons (Fsp3) is 0.200. The number of carbonyl (C=O) groups excluding carboxylic acids is 1. The van der Waals surface area contributed by atoms with Crippen LogP contribution in [0.15, 0.2) is 42.6 Å². The maximum atomic E-state index is 11.9. The number of hydrogen-bond donors (Lipinski definition) is 2. The van der Waals surface area contributed by atoms with E-state index in [1.165, 1.54) is 0 Å². The Balaban J connectivity index is 1.88. The van der Waals surface area contributed by atoms with Gasteiger partial charge in [0.25, 0.3) is 0 Å². The van der Waals surface area contributed by atoms with E-state index >= 15 is 0 Å². The number of aliphatic carboxylic acids is 1. The van der Waals surface area contributed by atoms with E-state index < -0.39 is 18.5 Å². The molecular weight excluding hydrogens is 362 g/mol. The lowest BCUT2D eigenvalue weighted by Crippen LogP contribution is -2.15. The van der Waals surface area contributed by atoms with E-state index in [9.17, 15) is 9.59 Å². The van der Waals surface area contributed by atoms with Crippen LogP contribution in [0.5, 0.6) is 5.75 Å². The maximum Gasteiger partial charge on any atom is 0.341 e. The maximum absolute atomic E-state index is 11.9. The number of nitrogens with zero attached hydrogens (tertiary/aromatic N) is 2. The van der Waals surface area contributed by atoms with Crippen LogP contribution in [0.2, 0.25) is 0 Å². The molecule has 0 aliphatic rings. The molecule has 0 saturated heterocycles. The number of pyridine rings is 2. The second-order valence-corrected chi connectivity index (χ2v) is 6.05. The summed E-state index contributed by atoms with van der Waals surface area (Å²) in [6, 6.07) is 11.1. The van der Waals surface area contributed by atoms with Crippen molar-refractivity contribution >= 4 is 34.3 Å². The molecule has 8 heteroatoms. The monoisotopic (exact) mass is 381 g/mol. The van der Waals surface area contributed by atoms with Gasteiger partial charge in [-0.1, -0.05) is 0 Å². The van der Waals surface area contributed by atoms with E-state index in [4.69, 9.17) is 14.6 Å². The number of nitrogens with one attached hydrogen (secondary N) is 1. The molecule has 0 bridgehead atoms. The van der Waals surface area contributed by atoms with Crippen molar-refractivity contribution in [1.82, 2.24) is 9.97 Å². The topological polar surface area (TPSA) is 111 Å². The number of fused-ring (bicyclic) bond motifs is 1. The minimum Gasteiger partial charge on any atom is -0.497 e. The minimum atomic E-state index is -1.20. The van der Waals surface area contributed by atoms with E-state index in [0.717, 1.165) is 22.5 Å². The highest BCUT2D eigenvalue weighted by atomic mass is 16.5. The fourth-order valence-electron chi connectivity index (χ4n) is 2.67. The molecule has 1 aromatic carbocycles. The molecule has 0 atom stereocenters. The van der Waals surface area contributed by atoms with Crippen LogP contribution in [-0.2, 0) is 20.7 Å². The van der Waals surface area contributed by atoms with Crippen molar-refractivity contribution in [3.8, 4) is 5.75 Å². The molecule has 0 spiro atoms. The number of benzene rings is 1. The molecule has 3 rings (SSSR count). The Morgan fingerprint density at radius 3 is 2.61 bits per heavy atom. The number of anilines is 2. The van der Waals surface area contributed by atoms with Gasteiger partial charge in [0.15, 0.2) is 12.3 Å². The fourth-order valence-corrected chi connectivity index (χ4v) is 2.67. The summed E-state index contributed by atoms with van der Waals surface area (Å²) >= 11 is 0. The number of carbonyl (C=O) groups is 2. The molecule has 0 radical (unpaired) electrons. The van der Waals surface area contributed by atoms with Crippen LogP contribution in [0, 0.1) is 6.92 Å². The normalized spacial score (nSPS) is 10.5. The van der Waals surface area contributed by atoms with Crippen LogP contribution in [0.3, 0.4) is 0 Å². The lowest BCUT2D eigenvalue weighted by atomic mass is 10.1. The second-order valence-electron chi connectivity index (χ2n) is 6.05. The van der Waals surface area contributed by atoms with Gasteiger partial charge < -0.3 is 19.9 Å².